The van der Waals surface area contributed by atoms with Crippen LogP contribution in [0.1, 0.15) is 24.1 Å². The lowest BCUT2D eigenvalue weighted by Gasteiger charge is -2.20. The van der Waals surface area contributed by atoms with Crippen molar-refractivity contribution in [1.29, 1.82) is 0 Å². The molecule has 0 spiro atoms. The summed E-state index contributed by atoms with van der Waals surface area (Å²) in [5.41, 5.74) is 1.84. The summed E-state index contributed by atoms with van der Waals surface area (Å²) in [6.07, 6.45) is 3.22. The molecule has 0 unspecified atom stereocenters. The van der Waals surface area contributed by atoms with E-state index in [1.54, 1.807) is 25.3 Å². The largest absolute Gasteiger partial charge is 0.491 e. The number of benzene rings is 2. The molecule has 0 heterocycles. The molecule has 150 valence electrons. The Morgan fingerprint density at radius 1 is 1.25 bits per heavy atom. The van der Waals surface area contributed by atoms with E-state index in [1.807, 2.05) is 37.3 Å². The van der Waals surface area contributed by atoms with Gasteiger partial charge in [0.1, 0.15) is 12.6 Å². The highest BCUT2D eigenvalue weighted by Gasteiger charge is 2.16. The Kier molecular flexibility index (Phi) is 8.36. The highest BCUT2D eigenvalue weighted by Crippen LogP contribution is 2.36. The smallest absolute Gasteiger partial charge is 0.244 e. The lowest BCUT2D eigenvalue weighted by molar-refractivity contribution is -0.860. The first-order valence-corrected chi connectivity index (χ1v) is 9.65. The van der Waals surface area contributed by atoms with Gasteiger partial charge in [0.2, 0.25) is 5.91 Å². The molecule has 0 fully saturated rings. The number of hydrogen-bond acceptors (Lipinski definition) is 3. The molecule has 2 rings (SSSR count). The number of ether oxygens (including phenoxy) is 2. The number of carbonyl (C=O) groups is 1. The van der Waals surface area contributed by atoms with Gasteiger partial charge in [-0.2, -0.15) is 0 Å². The van der Waals surface area contributed by atoms with E-state index in [2.05, 4.69) is 19.4 Å². The SMILES string of the molecule is CCOc1cc(/C=C/C(=O)N[C@H](C[NH+](C)C)c2ccccc2)cc(Cl)c1OC. The van der Waals surface area contributed by atoms with Crippen LogP contribution in [0.25, 0.3) is 6.08 Å². The normalized spacial score (nSPS) is 12.2. The molecule has 1 atom stereocenters. The van der Waals surface area contributed by atoms with Crippen LogP contribution in [-0.4, -0.2) is 40.3 Å². The number of methoxy groups -OCH3 is 1. The van der Waals surface area contributed by atoms with Crippen molar-refractivity contribution in [3.05, 3.63) is 64.7 Å². The van der Waals surface area contributed by atoms with Gasteiger partial charge in [0.05, 0.1) is 32.8 Å². The molecule has 0 aliphatic rings. The lowest BCUT2D eigenvalue weighted by atomic mass is 10.1. The van der Waals surface area contributed by atoms with Crippen LogP contribution in [0.4, 0.5) is 0 Å². The van der Waals surface area contributed by atoms with Gasteiger partial charge in [0, 0.05) is 6.08 Å². The second kappa shape index (κ2) is 10.7. The third kappa shape index (κ3) is 6.29. The molecule has 5 nitrogen and oxygen atoms in total. The Bertz CT molecular complexity index is 807. The molecule has 2 aromatic rings. The molecule has 28 heavy (non-hydrogen) atoms. The van der Waals surface area contributed by atoms with Gasteiger partial charge in [0.25, 0.3) is 0 Å². The van der Waals surface area contributed by atoms with Crippen molar-refractivity contribution in [3.63, 3.8) is 0 Å². The second-order valence-electron chi connectivity index (χ2n) is 6.68. The number of rotatable bonds is 9. The van der Waals surface area contributed by atoms with Gasteiger partial charge in [-0.15, -0.1) is 0 Å². The van der Waals surface area contributed by atoms with E-state index in [0.717, 1.165) is 17.7 Å². The Labute approximate surface area is 171 Å². The molecular formula is C22H28ClN2O3+. The van der Waals surface area contributed by atoms with Gasteiger partial charge >= 0.3 is 0 Å². The van der Waals surface area contributed by atoms with E-state index in [-0.39, 0.29) is 11.9 Å². The molecule has 2 aromatic carbocycles. The van der Waals surface area contributed by atoms with Crippen LogP contribution in [0.2, 0.25) is 5.02 Å². The van der Waals surface area contributed by atoms with Crippen LogP contribution in [0.15, 0.2) is 48.5 Å². The van der Waals surface area contributed by atoms with Gasteiger partial charge in [-0.1, -0.05) is 41.9 Å². The molecule has 2 N–H and O–H groups in total. The molecule has 1 amide bonds. The summed E-state index contributed by atoms with van der Waals surface area (Å²) in [7, 11) is 5.67. The first-order chi connectivity index (χ1) is 13.4. The summed E-state index contributed by atoms with van der Waals surface area (Å²) in [6.45, 7) is 3.16. The third-order valence-electron chi connectivity index (χ3n) is 4.09. The number of carbonyl (C=O) groups excluding carboxylic acids is 1. The van der Waals surface area contributed by atoms with E-state index in [9.17, 15) is 4.79 Å². The second-order valence-corrected chi connectivity index (χ2v) is 7.09. The van der Waals surface area contributed by atoms with Crippen LogP contribution in [-0.2, 0) is 4.79 Å². The molecule has 0 bridgehead atoms. The summed E-state index contributed by atoms with van der Waals surface area (Å²) in [5, 5.41) is 3.51. The Morgan fingerprint density at radius 2 is 1.96 bits per heavy atom. The van der Waals surface area contributed by atoms with E-state index >= 15 is 0 Å². The maximum atomic E-state index is 12.5. The average Bonchev–Trinajstić information content (AvgIpc) is 2.66. The summed E-state index contributed by atoms with van der Waals surface area (Å²) < 4.78 is 10.9. The molecule has 0 aliphatic heterocycles. The molecule has 0 aromatic heterocycles. The fourth-order valence-electron chi connectivity index (χ4n) is 2.88. The van der Waals surface area contributed by atoms with Gasteiger partial charge in [0.15, 0.2) is 11.5 Å². The summed E-state index contributed by atoms with van der Waals surface area (Å²) in [4.78, 5) is 13.8. The number of halogens is 1. The van der Waals surface area contributed by atoms with Crippen molar-refractivity contribution in [2.75, 3.05) is 34.4 Å². The van der Waals surface area contributed by atoms with Crippen molar-refractivity contribution in [3.8, 4) is 11.5 Å². The topological polar surface area (TPSA) is 52.0 Å². The van der Waals surface area contributed by atoms with Crippen LogP contribution < -0.4 is 19.7 Å². The van der Waals surface area contributed by atoms with E-state index in [1.165, 1.54) is 11.0 Å². The minimum atomic E-state index is -0.167. The van der Waals surface area contributed by atoms with Crippen LogP contribution in [0.3, 0.4) is 0 Å². The molecular weight excluding hydrogens is 376 g/mol. The predicted molar refractivity (Wildman–Crippen MR) is 113 cm³/mol. The first kappa shape index (κ1) is 21.8. The van der Waals surface area contributed by atoms with Gasteiger partial charge < -0.3 is 19.7 Å². The van der Waals surface area contributed by atoms with E-state index in [4.69, 9.17) is 21.1 Å². The highest BCUT2D eigenvalue weighted by molar-refractivity contribution is 6.32. The predicted octanol–water partition coefficient (Wildman–Crippen LogP) is 2.76. The summed E-state index contributed by atoms with van der Waals surface area (Å²) in [6, 6.07) is 13.4. The fourth-order valence-corrected chi connectivity index (χ4v) is 3.18. The van der Waals surface area contributed by atoms with Gasteiger partial charge in [-0.3, -0.25) is 4.79 Å². The van der Waals surface area contributed by atoms with Crippen LogP contribution >= 0.6 is 11.6 Å². The third-order valence-corrected chi connectivity index (χ3v) is 4.37. The highest BCUT2D eigenvalue weighted by atomic mass is 35.5. The van der Waals surface area contributed by atoms with Gasteiger partial charge in [-0.25, -0.2) is 0 Å². The first-order valence-electron chi connectivity index (χ1n) is 9.27. The Morgan fingerprint density at radius 3 is 2.57 bits per heavy atom. The van der Waals surface area contributed by atoms with E-state index < -0.39 is 0 Å². The quantitative estimate of drug-likeness (QED) is 0.633. The Hall–Kier alpha value is -2.50. The molecule has 0 aliphatic carbocycles. The molecule has 0 radical (unpaired) electrons. The van der Waals surface area contributed by atoms with E-state index in [0.29, 0.717) is 23.1 Å². The summed E-state index contributed by atoms with van der Waals surface area (Å²) >= 11 is 6.27. The summed E-state index contributed by atoms with van der Waals surface area (Å²) in [5.74, 6) is 0.874. The minimum absolute atomic E-state index is 0.0678. The van der Waals surface area contributed by atoms with Crippen molar-refractivity contribution < 1.29 is 19.2 Å². The minimum Gasteiger partial charge on any atom is -0.491 e. The average molecular weight is 404 g/mol. The number of amides is 1. The van der Waals surface area contributed by atoms with Crippen molar-refractivity contribution in [1.82, 2.24) is 5.32 Å². The maximum Gasteiger partial charge on any atom is 0.244 e. The van der Waals surface area contributed by atoms with Crippen LogP contribution in [0.5, 0.6) is 11.5 Å². The standard InChI is InChI=1S/C22H27ClN2O3/c1-5-28-20-14-16(13-18(23)22(20)27-4)11-12-21(26)24-19(15-25(2)3)17-9-7-6-8-10-17/h6-14,19H,5,15H2,1-4H3,(H,24,26)/p+1/b12-11+/t19-/m1/s1. The fraction of sp³-hybridized carbons (Fsp3) is 0.318. The Balaban J connectivity index is 2.15. The molecule has 6 heteroatoms. The monoisotopic (exact) mass is 403 g/mol. The van der Waals surface area contributed by atoms with Crippen LogP contribution in [0, 0.1) is 0 Å². The molecule has 0 saturated carbocycles. The maximum absolute atomic E-state index is 12.5. The zero-order valence-corrected chi connectivity index (χ0v) is 17.5. The van der Waals surface area contributed by atoms with Crippen molar-refractivity contribution in [2.24, 2.45) is 0 Å². The zero-order valence-electron chi connectivity index (χ0n) is 16.8. The molecule has 0 saturated heterocycles. The number of likely N-dealkylation sites (N-methyl/N-ethyl adjacent to an activating group) is 1. The van der Waals surface area contributed by atoms with Gasteiger partial charge in [-0.05, 0) is 36.3 Å². The number of nitrogens with one attached hydrogen (secondary N) is 2. The van der Waals surface area contributed by atoms with Crippen molar-refractivity contribution >= 4 is 23.6 Å². The zero-order chi connectivity index (χ0) is 20.5. The number of hydrogen-bond donors (Lipinski definition) is 2. The number of quaternary nitrogens is 1. The lowest BCUT2D eigenvalue weighted by Crippen LogP contribution is -3.06. The van der Waals surface area contributed by atoms with Crippen molar-refractivity contribution in [2.45, 2.75) is 13.0 Å².